The summed E-state index contributed by atoms with van der Waals surface area (Å²) in [6.07, 6.45) is -0.160. The van der Waals surface area contributed by atoms with Crippen LogP contribution in [-0.4, -0.2) is 31.1 Å². The topological polar surface area (TPSA) is 35.5 Å². The zero-order chi connectivity index (χ0) is 8.15. The molecular formula is C6H11BrO3. The Labute approximate surface area is 68.8 Å². The number of carbonyl (C=O) groups is 1. The van der Waals surface area contributed by atoms with Gasteiger partial charge in [0.05, 0.1) is 13.2 Å². The molecule has 60 valence electrons. The van der Waals surface area contributed by atoms with Crippen LogP contribution >= 0.6 is 15.9 Å². The predicted molar refractivity (Wildman–Crippen MR) is 41.2 cm³/mol. The number of esters is 1. The summed E-state index contributed by atoms with van der Waals surface area (Å²) >= 11 is 3.13. The lowest BCUT2D eigenvalue weighted by atomic mass is 10.3. The maximum atomic E-state index is 10.8. The van der Waals surface area contributed by atoms with Gasteiger partial charge in [0, 0.05) is 7.11 Å². The lowest BCUT2D eigenvalue weighted by Crippen LogP contribution is -2.28. The van der Waals surface area contributed by atoms with E-state index in [4.69, 9.17) is 4.74 Å². The normalized spacial score (nSPS) is 16.0. The number of rotatable bonds is 3. The lowest BCUT2D eigenvalue weighted by Gasteiger charge is -2.13. The molecule has 2 unspecified atom stereocenters. The SMILES string of the molecule is COC(=O)C(Br)C(C)OC. The smallest absolute Gasteiger partial charge is 0.322 e. The van der Waals surface area contributed by atoms with Crippen LogP contribution in [0.3, 0.4) is 0 Å². The van der Waals surface area contributed by atoms with Gasteiger partial charge in [0.15, 0.2) is 0 Å². The van der Waals surface area contributed by atoms with Crippen LogP contribution in [0.4, 0.5) is 0 Å². The standard InChI is InChI=1S/C6H11BrO3/c1-4(9-2)5(7)6(8)10-3/h4-5H,1-3H3. The molecule has 2 atom stereocenters. The largest absolute Gasteiger partial charge is 0.468 e. The Morgan fingerprint density at radius 2 is 2.00 bits per heavy atom. The quantitative estimate of drug-likeness (QED) is 0.515. The zero-order valence-electron chi connectivity index (χ0n) is 6.26. The van der Waals surface area contributed by atoms with E-state index < -0.39 is 0 Å². The van der Waals surface area contributed by atoms with E-state index in [9.17, 15) is 4.79 Å². The average molecular weight is 211 g/mol. The molecule has 0 heterocycles. The van der Waals surface area contributed by atoms with Crippen LogP contribution in [0.25, 0.3) is 0 Å². The zero-order valence-corrected chi connectivity index (χ0v) is 7.84. The van der Waals surface area contributed by atoms with Gasteiger partial charge >= 0.3 is 5.97 Å². The molecule has 0 saturated carbocycles. The van der Waals surface area contributed by atoms with E-state index in [2.05, 4.69) is 20.7 Å². The fraction of sp³-hybridized carbons (Fsp3) is 0.833. The highest BCUT2D eigenvalue weighted by molar-refractivity contribution is 9.10. The molecule has 0 amide bonds. The fourth-order valence-corrected chi connectivity index (χ4v) is 0.826. The van der Waals surface area contributed by atoms with Crippen molar-refractivity contribution in [2.45, 2.75) is 17.9 Å². The molecule has 0 fully saturated rings. The summed E-state index contributed by atoms with van der Waals surface area (Å²) in [6.45, 7) is 1.79. The third-order valence-corrected chi connectivity index (χ3v) is 2.33. The Morgan fingerprint density at radius 3 is 2.30 bits per heavy atom. The second-order valence-electron chi connectivity index (χ2n) is 1.87. The molecule has 4 heteroatoms. The summed E-state index contributed by atoms with van der Waals surface area (Å²) in [4.78, 5) is 10.4. The maximum absolute atomic E-state index is 10.8. The van der Waals surface area contributed by atoms with E-state index in [0.29, 0.717) is 0 Å². The highest BCUT2D eigenvalue weighted by atomic mass is 79.9. The molecule has 10 heavy (non-hydrogen) atoms. The van der Waals surface area contributed by atoms with E-state index in [0.717, 1.165) is 0 Å². The Balaban J connectivity index is 3.81. The first kappa shape index (κ1) is 9.91. The molecule has 0 bridgehead atoms. The number of hydrogen-bond donors (Lipinski definition) is 0. The minimum atomic E-state index is -0.373. The van der Waals surface area contributed by atoms with E-state index in [-0.39, 0.29) is 16.9 Å². The molecule has 0 aliphatic heterocycles. The van der Waals surface area contributed by atoms with Crippen molar-refractivity contribution >= 4 is 21.9 Å². The Hall–Kier alpha value is -0.0900. The predicted octanol–water partition coefficient (Wildman–Crippen LogP) is 0.958. The molecule has 3 nitrogen and oxygen atoms in total. The summed E-state index contributed by atoms with van der Waals surface area (Å²) < 4.78 is 9.36. The minimum Gasteiger partial charge on any atom is -0.468 e. The molecule has 0 aromatic carbocycles. The van der Waals surface area contributed by atoms with Crippen molar-refractivity contribution < 1.29 is 14.3 Å². The molecule has 0 N–H and O–H groups in total. The summed E-state index contributed by atoms with van der Waals surface area (Å²) in [5, 5.41) is 0. The van der Waals surface area contributed by atoms with Crippen LogP contribution in [0.15, 0.2) is 0 Å². The summed E-state index contributed by atoms with van der Waals surface area (Å²) in [5.41, 5.74) is 0. The fourth-order valence-electron chi connectivity index (χ4n) is 0.424. The van der Waals surface area contributed by atoms with Crippen molar-refractivity contribution in [2.24, 2.45) is 0 Å². The van der Waals surface area contributed by atoms with E-state index in [1.165, 1.54) is 7.11 Å². The number of methoxy groups -OCH3 is 2. The van der Waals surface area contributed by atoms with Gasteiger partial charge in [-0.2, -0.15) is 0 Å². The van der Waals surface area contributed by atoms with E-state index in [1.807, 2.05) is 0 Å². The highest BCUT2D eigenvalue weighted by Gasteiger charge is 2.21. The highest BCUT2D eigenvalue weighted by Crippen LogP contribution is 2.09. The first-order valence-electron chi connectivity index (χ1n) is 2.88. The number of hydrogen-bond acceptors (Lipinski definition) is 3. The molecule has 0 saturated heterocycles. The van der Waals surface area contributed by atoms with Gasteiger partial charge in [0.25, 0.3) is 0 Å². The second kappa shape index (κ2) is 4.68. The monoisotopic (exact) mass is 210 g/mol. The van der Waals surface area contributed by atoms with Crippen LogP contribution in [-0.2, 0) is 14.3 Å². The molecule has 0 rings (SSSR count). The number of alkyl halides is 1. The van der Waals surface area contributed by atoms with Crippen molar-refractivity contribution in [2.75, 3.05) is 14.2 Å². The van der Waals surface area contributed by atoms with Crippen LogP contribution in [0.2, 0.25) is 0 Å². The van der Waals surface area contributed by atoms with E-state index >= 15 is 0 Å². The van der Waals surface area contributed by atoms with Gasteiger partial charge in [-0.1, -0.05) is 15.9 Å². The van der Waals surface area contributed by atoms with Gasteiger partial charge in [-0.15, -0.1) is 0 Å². The summed E-state index contributed by atoms with van der Waals surface area (Å²) in [7, 11) is 2.89. The van der Waals surface area contributed by atoms with Crippen LogP contribution in [0.5, 0.6) is 0 Å². The average Bonchev–Trinajstić information content (AvgIpc) is 2.00. The van der Waals surface area contributed by atoms with Gasteiger partial charge in [-0.25, -0.2) is 0 Å². The Kier molecular flexibility index (Phi) is 4.64. The third kappa shape index (κ3) is 2.66. The number of ether oxygens (including phenoxy) is 2. The van der Waals surface area contributed by atoms with Crippen molar-refractivity contribution in [3.63, 3.8) is 0 Å². The Bertz CT molecular complexity index is 116. The summed E-state index contributed by atoms with van der Waals surface area (Å²) in [6, 6.07) is 0. The molecule has 0 radical (unpaired) electrons. The Morgan fingerprint density at radius 1 is 1.50 bits per heavy atom. The molecule has 0 spiro atoms. The molecule has 0 aliphatic rings. The van der Waals surface area contributed by atoms with Crippen LogP contribution < -0.4 is 0 Å². The van der Waals surface area contributed by atoms with E-state index in [1.54, 1.807) is 14.0 Å². The van der Waals surface area contributed by atoms with Gasteiger partial charge in [-0.3, -0.25) is 4.79 Å². The van der Waals surface area contributed by atoms with Crippen molar-refractivity contribution in [1.29, 1.82) is 0 Å². The van der Waals surface area contributed by atoms with Crippen molar-refractivity contribution in [3.8, 4) is 0 Å². The first-order valence-corrected chi connectivity index (χ1v) is 3.79. The van der Waals surface area contributed by atoms with Gasteiger partial charge < -0.3 is 9.47 Å². The molecular weight excluding hydrogens is 200 g/mol. The van der Waals surface area contributed by atoms with Crippen LogP contribution in [0.1, 0.15) is 6.92 Å². The molecule has 0 aromatic heterocycles. The van der Waals surface area contributed by atoms with Gasteiger partial charge in [0.2, 0.25) is 0 Å². The number of carbonyl (C=O) groups excluding carboxylic acids is 1. The third-order valence-electron chi connectivity index (χ3n) is 1.21. The first-order chi connectivity index (χ1) is 4.63. The maximum Gasteiger partial charge on any atom is 0.322 e. The lowest BCUT2D eigenvalue weighted by molar-refractivity contribution is -0.141. The number of halogens is 1. The second-order valence-corrected chi connectivity index (χ2v) is 2.85. The molecule has 0 aliphatic carbocycles. The summed E-state index contributed by atoms with van der Waals surface area (Å²) in [5.74, 6) is -0.311. The van der Waals surface area contributed by atoms with Gasteiger partial charge in [0.1, 0.15) is 4.83 Å². The van der Waals surface area contributed by atoms with Crippen molar-refractivity contribution in [1.82, 2.24) is 0 Å². The van der Waals surface area contributed by atoms with Crippen molar-refractivity contribution in [3.05, 3.63) is 0 Å². The van der Waals surface area contributed by atoms with Gasteiger partial charge in [-0.05, 0) is 6.92 Å². The van der Waals surface area contributed by atoms with Crippen LogP contribution in [0, 0.1) is 0 Å². The minimum absolute atomic E-state index is 0.160. The molecule has 0 aromatic rings.